The number of benzene rings is 3. The average molecular weight is 529 g/mol. The summed E-state index contributed by atoms with van der Waals surface area (Å²) in [6, 6.07) is 16.6. The quantitative estimate of drug-likeness (QED) is 0.329. The first-order chi connectivity index (χ1) is 17.3. The molecule has 0 unspecified atom stereocenters. The zero-order valence-electron chi connectivity index (χ0n) is 20.0. The summed E-state index contributed by atoms with van der Waals surface area (Å²) in [6.45, 7) is 1.12. The maximum Gasteiger partial charge on any atom is 0.335 e. The van der Waals surface area contributed by atoms with Crippen LogP contribution >= 0.6 is 11.6 Å². The molecule has 2 amide bonds. The van der Waals surface area contributed by atoms with Crippen molar-refractivity contribution in [2.24, 2.45) is 0 Å². The number of halogens is 1. The van der Waals surface area contributed by atoms with Crippen molar-refractivity contribution in [3.05, 3.63) is 71.8 Å². The number of urea groups is 1. The average Bonchev–Trinajstić information content (AvgIpc) is 3.17. The van der Waals surface area contributed by atoms with E-state index in [1.165, 1.54) is 6.07 Å². The van der Waals surface area contributed by atoms with E-state index in [0.717, 1.165) is 41.5 Å². The van der Waals surface area contributed by atoms with Crippen LogP contribution in [-0.4, -0.2) is 49.7 Å². The highest BCUT2D eigenvalue weighted by Gasteiger charge is 2.27. The van der Waals surface area contributed by atoms with Crippen LogP contribution in [0.25, 0.3) is 10.8 Å². The minimum absolute atomic E-state index is 0.0165. The SMILES string of the molecule is COc1ccc2cc(S(=O)(=O)NN(Cc3cccc(C(=N)Cl)c3)C(=O)N3CCCCCC3)ccc2c1. The third-order valence-corrected chi connectivity index (χ3v) is 7.74. The molecule has 2 N–H and O–H groups in total. The number of carbonyl (C=O) groups excluding carboxylic acids is 1. The van der Waals surface area contributed by atoms with Gasteiger partial charge in [-0.05, 0) is 59.5 Å². The van der Waals surface area contributed by atoms with Gasteiger partial charge in [-0.3, -0.25) is 5.41 Å². The Morgan fingerprint density at radius 3 is 2.42 bits per heavy atom. The van der Waals surface area contributed by atoms with Gasteiger partial charge in [0.05, 0.1) is 18.6 Å². The number of rotatable bonds is 7. The molecule has 10 heteroatoms. The summed E-state index contributed by atoms with van der Waals surface area (Å²) in [6.07, 6.45) is 3.83. The van der Waals surface area contributed by atoms with E-state index in [2.05, 4.69) is 4.83 Å². The normalized spacial score (nSPS) is 14.3. The number of hydrogen-bond donors (Lipinski definition) is 2. The fourth-order valence-electron chi connectivity index (χ4n) is 4.25. The lowest BCUT2D eigenvalue weighted by Gasteiger charge is -2.30. The molecule has 0 aromatic heterocycles. The highest BCUT2D eigenvalue weighted by molar-refractivity contribution is 7.89. The second-order valence-corrected chi connectivity index (χ2v) is 10.8. The van der Waals surface area contributed by atoms with Crippen molar-refractivity contribution in [1.82, 2.24) is 14.7 Å². The molecule has 0 spiro atoms. The summed E-state index contributed by atoms with van der Waals surface area (Å²) in [5.74, 6) is 0.678. The standard InChI is InChI=1S/C26H29ClN4O4S/c1-35-23-11-9-21-17-24(12-10-20(21)16-23)36(33,34)29-31(26(32)30-13-4-2-3-5-14-30)18-19-7-6-8-22(15-19)25(27)28/h6-12,15-17,28-29H,2-5,13-14,18H2,1H3. The molecule has 8 nitrogen and oxygen atoms in total. The van der Waals surface area contributed by atoms with Crippen LogP contribution in [0.2, 0.25) is 0 Å². The van der Waals surface area contributed by atoms with Crippen LogP contribution in [0.3, 0.4) is 0 Å². The molecular weight excluding hydrogens is 500 g/mol. The van der Waals surface area contributed by atoms with Gasteiger partial charge in [0.25, 0.3) is 10.0 Å². The molecule has 4 rings (SSSR count). The lowest BCUT2D eigenvalue weighted by molar-refractivity contribution is 0.142. The van der Waals surface area contributed by atoms with Crippen molar-refractivity contribution in [2.75, 3.05) is 20.2 Å². The molecule has 1 aliphatic heterocycles. The molecular formula is C26H29ClN4O4S. The van der Waals surface area contributed by atoms with Gasteiger partial charge in [0.1, 0.15) is 10.9 Å². The van der Waals surface area contributed by atoms with Gasteiger partial charge < -0.3 is 9.64 Å². The van der Waals surface area contributed by atoms with Gasteiger partial charge in [-0.25, -0.2) is 18.2 Å². The van der Waals surface area contributed by atoms with Gasteiger partial charge in [0.2, 0.25) is 0 Å². The maximum absolute atomic E-state index is 13.5. The zero-order chi connectivity index (χ0) is 25.7. The van der Waals surface area contributed by atoms with Gasteiger partial charge in [-0.1, -0.05) is 54.8 Å². The first-order valence-electron chi connectivity index (χ1n) is 11.8. The molecule has 0 aliphatic carbocycles. The Kier molecular flexibility index (Phi) is 8.13. The number of nitrogens with one attached hydrogen (secondary N) is 2. The highest BCUT2D eigenvalue weighted by atomic mass is 35.5. The Morgan fingerprint density at radius 1 is 1.03 bits per heavy atom. The van der Waals surface area contributed by atoms with Crippen molar-refractivity contribution in [3.63, 3.8) is 0 Å². The number of carbonyl (C=O) groups is 1. The fraction of sp³-hybridized carbons (Fsp3) is 0.308. The first kappa shape index (κ1) is 25.9. The van der Waals surface area contributed by atoms with Gasteiger partial charge in [-0.15, -0.1) is 4.83 Å². The lowest BCUT2D eigenvalue weighted by Crippen LogP contribution is -2.51. The zero-order valence-corrected chi connectivity index (χ0v) is 21.6. The van der Waals surface area contributed by atoms with Crippen molar-refractivity contribution < 1.29 is 17.9 Å². The number of nitrogens with zero attached hydrogens (tertiary/aromatic N) is 2. The van der Waals surface area contributed by atoms with Gasteiger partial charge >= 0.3 is 6.03 Å². The minimum atomic E-state index is -4.08. The molecule has 1 saturated heterocycles. The molecule has 36 heavy (non-hydrogen) atoms. The fourth-order valence-corrected chi connectivity index (χ4v) is 5.44. The van der Waals surface area contributed by atoms with Gasteiger partial charge in [0.15, 0.2) is 0 Å². The summed E-state index contributed by atoms with van der Waals surface area (Å²) in [7, 11) is -2.50. The van der Waals surface area contributed by atoms with Gasteiger partial charge in [0, 0.05) is 18.7 Å². The van der Waals surface area contributed by atoms with E-state index in [-0.39, 0.29) is 16.6 Å². The largest absolute Gasteiger partial charge is 0.497 e. The molecule has 0 saturated carbocycles. The Labute approximate surface area is 216 Å². The van der Waals surface area contributed by atoms with E-state index < -0.39 is 16.1 Å². The Bertz CT molecular complexity index is 1370. The number of fused-ring (bicyclic) bond motifs is 1. The highest BCUT2D eigenvalue weighted by Crippen LogP contribution is 2.24. The van der Waals surface area contributed by atoms with E-state index in [9.17, 15) is 13.2 Å². The van der Waals surface area contributed by atoms with Gasteiger partial charge in [-0.2, -0.15) is 0 Å². The monoisotopic (exact) mass is 528 g/mol. The van der Waals surface area contributed by atoms with E-state index in [1.54, 1.807) is 60.5 Å². The summed E-state index contributed by atoms with van der Waals surface area (Å²) < 4.78 is 32.1. The molecule has 190 valence electrons. The summed E-state index contributed by atoms with van der Waals surface area (Å²) in [5.41, 5.74) is 1.14. The van der Waals surface area contributed by atoms with E-state index >= 15 is 0 Å². The molecule has 1 fully saturated rings. The van der Waals surface area contributed by atoms with Crippen LogP contribution in [-0.2, 0) is 16.6 Å². The Morgan fingerprint density at radius 2 is 1.72 bits per heavy atom. The Hall–Kier alpha value is -3.14. The van der Waals surface area contributed by atoms with Crippen LogP contribution in [0.1, 0.15) is 36.8 Å². The van der Waals surface area contributed by atoms with Crippen LogP contribution in [0, 0.1) is 5.41 Å². The molecule has 1 aliphatic rings. The van der Waals surface area contributed by atoms with E-state index in [0.29, 0.717) is 30.0 Å². The predicted molar refractivity (Wildman–Crippen MR) is 141 cm³/mol. The summed E-state index contributed by atoms with van der Waals surface area (Å²) in [5, 5.41) is 10.3. The third kappa shape index (κ3) is 6.16. The number of hydrogen-bond acceptors (Lipinski definition) is 5. The smallest absolute Gasteiger partial charge is 0.335 e. The molecule has 1 heterocycles. The number of likely N-dealkylation sites (tertiary alicyclic amines) is 1. The van der Waals surface area contributed by atoms with Crippen molar-refractivity contribution in [1.29, 1.82) is 5.41 Å². The number of hydrazine groups is 1. The van der Waals surface area contributed by atoms with Crippen LogP contribution < -0.4 is 9.57 Å². The molecule has 3 aromatic rings. The summed E-state index contributed by atoms with van der Waals surface area (Å²) in [4.78, 5) is 17.8. The second-order valence-electron chi connectivity index (χ2n) is 8.75. The molecule has 0 atom stereocenters. The molecule has 3 aromatic carbocycles. The van der Waals surface area contributed by atoms with E-state index in [1.807, 2.05) is 6.07 Å². The summed E-state index contributed by atoms with van der Waals surface area (Å²) >= 11 is 5.84. The van der Waals surface area contributed by atoms with Crippen molar-refractivity contribution in [2.45, 2.75) is 37.1 Å². The van der Waals surface area contributed by atoms with Crippen molar-refractivity contribution >= 4 is 43.6 Å². The number of methoxy groups -OCH3 is 1. The molecule has 0 bridgehead atoms. The minimum Gasteiger partial charge on any atom is -0.497 e. The Balaban J connectivity index is 1.65. The third-order valence-electron chi connectivity index (χ3n) is 6.19. The second kappa shape index (κ2) is 11.3. The number of amides is 2. The number of sulfonamides is 1. The van der Waals surface area contributed by atoms with Crippen LogP contribution in [0.15, 0.2) is 65.6 Å². The lowest BCUT2D eigenvalue weighted by atomic mass is 10.1. The van der Waals surface area contributed by atoms with E-state index in [4.69, 9.17) is 21.7 Å². The topological polar surface area (TPSA) is 103 Å². The maximum atomic E-state index is 13.5. The van der Waals surface area contributed by atoms with Crippen molar-refractivity contribution in [3.8, 4) is 5.75 Å². The molecule has 0 radical (unpaired) electrons. The van der Waals surface area contributed by atoms with Crippen LogP contribution in [0.4, 0.5) is 4.79 Å². The number of ether oxygens (including phenoxy) is 1. The predicted octanol–water partition coefficient (Wildman–Crippen LogP) is 5.10. The first-order valence-corrected chi connectivity index (χ1v) is 13.6. The van der Waals surface area contributed by atoms with Crippen LogP contribution in [0.5, 0.6) is 5.75 Å².